The molecule has 0 bridgehead atoms. The maximum Gasteiger partial charge on any atom is 0.239 e. The van der Waals surface area contributed by atoms with Crippen LogP contribution in [0.3, 0.4) is 0 Å². The Morgan fingerprint density at radius 3 is 2.85 bits per heavy atom. The van der Waals surface area contributed by atoms with Gasteiger partial charge in [-0.1, -0.05) is 28.1 Å². The average Bonchev–Trinajstić information content (AvgIpc) is 2.16. The largest absolute Gasteiger partial charge is 0.497 e. The maximum atomic E-state index is 10.8. The fourth-order valence-corrected chi connectivity index (χ4v) is 1.34. The molecule has 0 aromatic heterocycles. The molecular weight excluding hydrogens is 255 g/mol. The third-order valence-electron chi connectivity index (χ3n) is 1.59. The number of carbonyl (C=O) groups is 1. The lowest BCUT2D eigenvalue weighted by Gasteiger charge is -2.06. The molecule has 0 radical (unpaired) electrons. The van der Waals surface area contributed by atoms with Gasteiger partial charge in [0.2, 0.25) is 5.24 Å². The van der Waals surface area contributed by atoms with Gasteiger partial charge in [0.25, 0.3) is 0 Å². The van der Waals surface area contributed by atoms with Gasteiger partial charge in [0.15, 0.2) is 0 Å². The molecule has 1 aromatic carbocycles. The Morgan fingerprint density at radius 2 is 2.31 bits per heavy atom. The van der Waals surface area contributed by atoms with Gasteiger partial charge in [-0.2, -0.15) is 0 Å². The number of halogens is 2. The molecule has 1 rings (SSSR count). The molecule has 0 fully saturated rings. The zero-order valence-electron chi connectivity index (χ0n) is 6.96. The van der Waals surface area contributed by atoms with E-state index < -0.39 is 10.1 Å². The summed E-state index contributed by atoms with van der Waals surface area (Å²) in [7, 11) is 1.57. The first kappa shape index (κ1) is 10.5. The van der Waals surface area contributed by atoms with E-state index in [0.29, 0.717) is 5.75 Å². The quantitative estimate of drug-likeness (QED) is 0.619. The second kappa shape index (κ2) is 4.63. The Balaban J connectivity index is 2.94. The number of alkyl halides is 1. The maximum absolute atomic E-state index is 10.8. The fraction of sp³-hybridized carbons (Fsp3) is 0.222. The van der Waals surface area contributed by atoms with Crippen molar-refractivity contribution in [3.8, 4) is 5.75 Å². The zero-order valence-corrected chi connectivity index (χ0v) is 9.30. The Hall–Kier alpha value is -0.540. The van der Waals surface area contributed by atoms with Crippen molar-refractivity contribution in [2.45, 2.75) is 4.83 Å². The van der Waals surface area contributed by atoms with Crippen molar-refractivity contribution in [3.05, 3.63) is 29.8 Å². The van der Waals surface area contributed by atoms with Crippen LogP contribution < -0.4 is 4.74 Å². The van der Waals surface area contributed by atoms with Gasteiger partial charge in [-0.15, -0.1) is 0 Å². The van der Waals surface area contributed by atoms with Crippen molar-refractivity contribution < 1.29 is 9.53 Å². The molecule has 0 amide bonds. The number of hydrogen-bond acceptors (Lipinski definition) is 2. The lowest BCUT2D eigenvalue weighted by molar-refractivity contribution is -0.111. The highest BCUT2D eigenvalue weighted by molar-refractivity contribution is 9.09. The number of ether oxygens (including phenoxy) is 1. The van der Waals surface area contributed by atoms with Crippen LogP contribution in [0, 0.1) is 0 Å². The lowest BCUT2D eigenvalue weighted by atomic mass is 10.1. The van der Waals surface area contributed by atoms with Crippen molar-refractivity contribution in [3.63, 3.8) is 0 Å². The summed E-state index contributed by atoms with van der Waals surface area (Å²) >= 11 is 8.51. The Bertz CT molecular complexity index is 314. The normalized spacial score (nSPS) is 12.2. The van der Waals surface area contributed by atoms with Gasteiger partial charge in [0, 0.05) is 0 Å². The van der Waals surface area contributed by atoms with Gasteiger partial charge in [0.05, 0.1) is 7.11 Å². The molecule has 0 saturated carbocycles. The minimum absolute atomic E-state index is 0.437. The van der Waals surface area contributed by atoms with E-state index >= 15 is 0 Å². The first-order valence-electron chi connectivity index (χ1n) is 3.62. The molecule has 0 aliphatic rings. The third-order valence-corrected chi connectivity index (χ3v) is 3.01. The van der Waals surface area contributed by atoms with Crippen LogP contribution in [0.2, 0.25) is 0 Å². The van der Waals surface area contributed by atoms with Gasteiger partial charge < -0.3 is 4.74 Å². The summed E-state index contributed by atoms with van der Waals surface area (Å²) < 4.78 is 5.01. The molecular formula is C9H8BrClO2. The molecule has 0 spiro atoms. The number of benzene rings is 1. The minimum atomic E-state index is -0.468. The first-order chi connectivity index (χ1) is 6.15. The van der Waals surface area contributed by atoms with E-state index in [2.05, 4.69) is 15.9 Å². The van der Waals surface area contributed by atoms with Crippen molar-refractivity contribution in [2.75, 3.05) is 7.11 Å². The van der Waals surface area contributed by atoms with E-state index in [1.165, 1.54) is 0 Å². The van der Waals surface area contributed by atoms with Gasteiger partial charge in [0.1, 0.15) is 10.6 Å². The molecule has 0 saturated heterocycles. The predicted octanol–water partition coefficient (Wildman–Crippen LogP) is 2.90. The number of rotatable bonds is 3. The first-order valence-corrected chi connectivity index (χ1v) is 4.92. The van der Waals surface area contributed by atoms with Crippen molar-refractivity contribution in [1.29, 1.82) is 0 Å². The van der Waals surface area contributed by atoms with Gasteiger partial charge in [-0.25, -0.2) is 0 Å². The van der Waals surface area contributed by atoms with E-state index in [1.807, 2.05) is 18.2 Å². The molecule has 0 heterocycles. The summed E-state index contributed by atoms with van der Waals surface area (Å²) in [6.07, 6.45) is 0. The highest BCUT2D eigenvalue weighted by atomic mass is 79.9. The highest BCUT2D eigenvalue weighted by Crippen LogP contribution is 2.27. The molecule has 1 aromatic rings. The number of hydrogen-bond donors (Lipinski definition) is 0. The van der Waals surface area contributed by atoms with Crippen LogP contribution in [0.1, 0.15) is 10.4 Å². The second-order valence-corrected chi connectivity index (χ2v) is 3.73. The van der Waals surface area contributed by atoms with Crippen LogP contribution in [0.4, 0.5) is 0 Å². The summed E-state index contributed by atoms with van der Waals surface area (Å²) in [6, 6.07) is 7.19. The third kappa shape index (κ3) is 2.71. The number of carbonyl (C=O) groups excluding carboxylic acids is 1. The molecule has 1 atom stereocenters. The van der Waals surface area contributed by atoms with Crippen LogP contribution in [0.15, 0.2) is 24.3 Å². The van der Waals surface area contributed by atoms with E-state index in [-0.39, 0.29) is 0 Å². The lowest BCUT2D eigenvalue weighted by Crippen LogP contribution is -1.98. The zero-order chi connectivity index (χ0) is 9.84. The number of methoxy groups -OCH3 is 1. The fourth-order valence-electron chi connectivity index (χ4n) is 0.930. The summed E-state index contributed by atoms with van der Waals surface area (Å²) in [5, 5.41) is -0.437. The molecule has 13 heavy (non-hydrogen) atoms. The van der Waals surface area contributed by atoms with Crippen molar-refractivity contribution in [1.82, 2.24) is 0 Å². The topological polar surface area (TPSA) is 26.3 Å². The predicted molar refractivity (Wildman–Crippen MR) is 55.5 cm³/mol. The summed E-state index contributed by atoms with van der Waals surface area (Å²) in [4.78, 5) is 10.4. The SMILES string of the molecule is COc1cccc(C(Br)C(=O)Cl)c1. The molecule has 1 unspecified atom stereocenters. The monoisotopic (exact) mass is 262 g/mol. The van der Waals surface area contributed by atoms with Crippen LogP contribution in [-0.4, -0.2) is 12.4 Å². The van der Waals surface area contributed by atoms with Crippen molar-refractivity contribution in [2.24, 2.45) is 0 Å². The van der Waals surface area contributed by atoms with Crippen LogP contribution in [0.5, 0.6) is 5.75 Å². The summed E-state index contributed by atoms with van der Waals surface area (Å²) in [5.41, 5.74) is 0.791. The standard InChI is InChI=1S/C9H8BrClO2/c1-13-7-4-2-3-6(5-7)8(10)9(11)12/h2-5,8H,1H3. The molecule has 70 valence electrons. The molecule has 0 aliphatic heterocycles. The Kier molecular flexibility index (Phi) is 3.75. The molecule has 0 aliphatic carbocycles. The van der Waals surface area contributed by atoms with E-state index in [1.54, 1.807) is 13.2 Å². The van der Waals surface area contributed by atoms with Gasteiger partial charge in [-0.3, -0.25) is 4.79 Å². The van der Waals surface area contributed by atoms with Crippen molar-refractivity contribution >= 4 is 32.8 Å². The van der Waals surface area contributed by atoms with Crippen LogP contribution in [0.25, 0.3) is 0 Å². The Labute approximate surface area is 90.0 Å². The minimum Gasteiger partial charge on any atom is -0.497 e. The van der Waals surface area contributed by atoms with Crippen LogP contribution >= 0.6 is 27.5 Å². The van der Waals surface area contributed by atoms with E-state index in [0.717, 1.165) is 5.56 Å². The molecule has 0 N–H and O–H groups in total. The van der Waals surface area contributed by atoms with E-state index in [9.17, 15) is 4.79 Å². The van der Waals surface area contributed by atoms with Gasteiger partial charge >= 0.3 is 0 Å². The summed E-state index contributed by atoms with van der Waals surface area (Å²) in [5.74, 6) is 0.708. The smallest absolute Gasteiger partial charge is 0.239 e. The van der Waals surface area contributed by atoms with Gasteiger partial charge in [-0.05, 0) is 29.3 Å². The highest BCUT2D eigenvalue weighted by Gasteiger charge is 2.14. The van der Waals surface area contributed by atoms with E-state index in [4.69, 9.17) is 16.3 Å². The summed E-state index contributed by atoms with van der Waals surface area (Å²) in [6.45, 7) is 0. The second-order valence-electron chi connectivity index (χ2n) is 2.44. The van der Waals surface area contributed by atoms with Crippen LogP contribution in [-0.2, 0) is 4.79 Å². The average molecular weight is 264 g/mol. The Morgan fingerprint density at radius 1 is 1.62 bits per heavy atom. The molecule has 4 heteroatoms. The molecule has 2 nitrogen and oxygen atoms in total.